The molecule has 1 rings (SSSR count). The Hall–Kier alpha value is -0.570. The van der Waals surface area contributed by atoms with Crippen LogP contribution in [-0.4, -0.2) is 37.0 Å². The first-order valence-corrected chi connectivity index (χ1v) is 4.24. The molecule has 1 fully saturated rings. The zero-order valence-corrected chi connectivity index (χ0v) is 7.26. The SMILES string of the molecule is CCC[C@H]1NCCN(C)C1=O. The van der Waals surface area contributed by atoms with Crippen molar-refractivity contribution < 1.29 is 4.79 Å². The molecule has 1 aliphatic rings. The van der Waals surface area contributed by atoms with E-state index in [-0.39, 0.29) is 11.9 Å². The van der Waals surface area contributed by atoms with Gasteiger partial charge >= 0.3 is 0 Å². The van der Waals surface area contributed by atoms with E-state index in [1.54, 1.807) is 4.90 Å². The summed E-state index contributed by atoms with van der Waals surface area (Å²) in [6.07, 6.45) is 2.03. The van der Waals surface area contributed by atoms with E-state index in [0.29, 0.717) is 0 Å². The molecule has 3 heteroatoms. The van der Waals surface area contributed by atoms with Crippen molar-refractivity contribution >= 4 is 5.91 Å². The zero-order chi connectivity index (χ0) is 8.27. The zero-order valence-electron chi connectivity index (χ0n) is 7.26. The number of nitrogens with zero attached hydrogens (tertiary/aromatic N) is 1. The first-order chi connectivity index (χ1) is 5.25. The molecule has 0 radical (unpaired) electrons. The largest absolute Gasteiger partial charge is 0.343 e. The van der Waals surface area contributed by atoms with Crippen molar-refractivity contribution in [3.63, 3.8) is 0 Å². The van der Waals surface area contributed by atoms with Gasteiger partial charge in [-0.15, -0.1) is 0 Å². The van der Waals surface area contributed by atoms with Gasteiger partial charge in [0.1, 0.15) is 0 Å². The molecule has 1 atom stereocenters. The maximum atomic E-state index is 11.4. The van der Waals surface area contributed by atoms with Gasteiger partial charge in [-0.05, 0) is 6.42 Å². The minimum Gasteiger partial charge on any atom is -0.343 e. The lowest BCUT2D eigenvalue weighted by Crippen LogP contribution is -2.53. The van der Waals surface area contributed by atoms with Crippen LogP contribution in [0.25, 0.3) is 0 Å². The van der Waals surface area contributed by atoms with Gasteiger partial charge in [-0.25, -0.2) is 0 Å². The Morgan fingerprint density at radius 1 is 1.73 bits per heavy atom. The highest BCUT2D eigenvalue weighted by Crippen LogP contribution is 2.04. The van der Waals surface area contributed by atoms with Crippen molar-refractivity contribution in [3.05, 3.63) is 0 Å². The Balaban J connectivity index is 2.44. The predicted molar refractivity (Wildman–Crippen MR) is 44.3 cm³/mol. The summed E-state index contributed by atoms with van der Waals surface area (Å²) in [7, 11) is 1.87. The molecule has 1 heterocycles. The van der Waals surface area contributed by atoms with E-state index in [1.807, 2.05) is 7.05 Å². The first-order valence-electron chi connectivity index (χ1n) is 4.24. The van der Waals surface area contributed by atoms with Crippen LogP contribution in [0, 0.1) is 0 Å². The quantitative estimate of drug-likeness (QED) is 0.620. The number of rotatable bonds is 2. The second-order valence-corrected chi connectivity index (χ2v) is 3.06. The number of carbonyl (C=O) groups excluding carboxylic acids is 1. The van der Waals surface area contributed by atoms with Crippen molar-refractivity contribution in [1.29, 1.82) is 0 Å². The molecule has 1 N–H and O–H groups in total. The van der Waals surface area contributed by atoms with Crippen LogP contribution in [0.4, 0.5) is 0 Å². The van der Waals surface area contributed by atoms with Gasteiger partial charge in [0.2, 0.25) is 5.91 Å². The smallest absolute Gasteiger partial charge is 0.239 e. The van der Waals surface area contributed by atoms with E-state index in [9.17, 15) is 4.79 Å². The van der Waals surface area contributed by atoms with Crippen LogP contribution in [0.5, 0.6) is 0 Å². The molecule has 1 aliphatic heterocycles. The number of likely N-dealkylation sites (N-methyl/N-ethyl adjacent to an activating group) is 1. The van der Waals surface area contributed by atoms with Crippen molar-refractivity contribution in [2.75, 3.05) is 20.1 Å². The second kappa shape index (κ2) is 3.72. The third-order valence-corrected chi connectivity index (χ3v) is 2.09. The molecule has 0 spiro atoms. The number of hydrogen-bond acceptors (Lipinski definition) is 2. The van der Waals surface area contributed by atoms with Crippen molar-refractivity contribution in [2.24, 2.45) is 0 Å². The Morgan fingerprint density at radius 3 is 3.09 bits per heavy atom. The average Bonchev–Trinajstić information content (AvgIpc) is 1.99. The topological polar surface area (TPSA) is 32.3 Å². The minimum atomic E-state index is 0.0822. The summed E-state index contributed by atoms with van der Waals surface area (Å²) in [5, 5.41) is 3.21. The van der Waals surface area contributed by atoms with Gasteiger partial charge in [0, 0.05) is 20.1 Å². The van der Waals surface area contributed by atoms with Crippen LogP contribution in [0.15, 0.2) is 0 Å². The molecule has 1 amide bonds. The van der Waals surface area contributed by atoms with Crippen LogP contribution < -0.4 is 5.32 Å². The van der Waals surface area contributed by atoms with Crippen LogP contribution in [0.3, 0.4) is 0 Å². The fraction of sp³-hybridized carbons (Fsp3) is 0.875. The van der Waals surface area contributed by atoms with Gasteiger partial charge < -0.3 is 10.2 Å². The van der Waals surface area contributed by atoms with Gasteiger partial charge in [-0.1, -0.05) is 13.3 Å². The summed E-state index contributed by atoms with van der Waals surface area (Å²) >= 11 is 0. The van der Waals surface area contributed by atoms with Crippen molar-refractivity contribution in [3.8, 4) is 0 Å². The van der Waals surface area contributed by atoms with E-state index >= 15 is 0 Å². The molecular formula is C8H16N2O. The molecule has 3 nitrogen and oxygen atoms in total. The van der Waals surface area contributed by atoms with Gasteiger partial charge in [0.25, 0.3) is 0 Å². The summed E-state index contributed by atoms with van der Waals surface area (Å²) in [5.74, 6) is 0.248. The number of carbonyl (C=O) groups is 1. The molecule has 0 unspecified atom stereocenters. The van der Waals surface area contributed by atoms with Gasteiger partial charge in [0.05, 0.1) is 6.04 Å². The van der Waals surface area contributed by atoms with E-state index in [1.165, 1.54) is 0 Å². The van der Waals surface area contributed by atoms with Crippen LogP contribution in [0.2, 0.25) is 0 Å². The third-order valence-electron chi connectivity index (χ3n) is 2.09. The monoisotopic (exact) mass is 156 g/mol. The second-order valence-electron chi connectivity index (χ2n) is 3.06. The van der Waals surface area contributed by atoms with Gasteiger partial charge in [-0.3, -0.25) is 4.79 Å². The molecule has 0 aromatic heterocycles. The molecule has 0 saturated carbocycles. The molecule has 0 aliphatic carbocycles. The lowest BCUT2D eigenvalue weighted by molar-refractivity contribution is -0.134. The molecule has 0 aromatic rings. The van der Waals surface area contributed by atoms with E-state index in [4.69, 9.17) is 0 Å². The fourth-order valence-corrected chi connectivity index (χ4v) is 1.38. The van der Waals surface area contributed by atoms with Crippen molar-refractivity contribution in [2.45, 2.75) is 25.8 Å². The summed E-state index contributed by atoms with van der Waals surface area (Å²) < 4.78 is 0. The van der Waals surface area contributed by atoms with E-state index < -0.39 is 0 Å². The summed E-state index contributed by atoms with van der Waals surface area (Å²) in [6.45, 7) is 3.88. The maximum absolute atomic E-state index is 11.4. The maximum Gasteiger partial charge on any atom is 0.239 e. The van der Waals surface area contributed by atoms with Crippen LogP contribution >= 0.6 is 0 Å². The number of hydrogen-bond donors (Lipinski definition) is 1. The molecule has 11 heavy (non-hydrogen) atoms. The predicted octanol–water partition coefficient (Wildman–Crippen LogP) is 0.217. The number of nitrogens with one attached hydrogen (secondary N) is 1. The first kappa shape index (κ1) is 8.53. The molecular weight excluding hydrogens is 140 g/mol. The van der Waals surface area contributed by atoms with Crippen LogP contribution in [0.1, 0.15) is 19.8 Å². The fourth-order valence-electron chi connectivity index (χ4n) is 1.38. The van der Waals surface area contributed by atoms with Crippen LogP contribution in [-0.2, 0) is 4.79 Å². The van der Waals surface area contributed by atoms with Crippen molar-refractivity contribution in [1.82, 2.24) is 10.2 Å². The number of piperazine rings is 1. The van der Waals surface area contributed by atoms with Gasteiger partial charge in [0.15, 0.2) is 0 Å². The molecule has 64 valence electrons. The minimum absolute atomic E-state index is 0.0822. The normalized spacial score (nSPS) is 25.8. The Bertz CT molecular complexity index is 145. The standard InChI is InChI=1S/C8H16N2O/c1-3-4-7-8(11)10(2)6-5-9-7/h7,9H,3-6H2,1-2H3/t7-/m1/s1. The summed E-state index contributed by atoms with van der Waals surface area (Å²) in [4.78, 5) is 13.2. The highest BCUT2D eigenvalue weighted by Gasteiger charge is 2.24. The summed E-state index contributed by atoms with van der Waals surface area (Å²) in [5.41, 5.74) is 0. The van der Waals surface area contributed by atoms with E-state index in [2.05, 4.69) is 12.2 Å². The number of amides is 1. The van der Waals surface area contributed by atoms with E-state index in [0.717, 1.165) is 25.9 Å². The average molecular weight is 156 g/mol. The highest BCUT2D eigenvalue weighted by molar-refractivity contribution is 5.82. The Labute approximate surface area is 67.8 Å². The molecule has 0 aromatic carbocycles. The molecule has 0 bridgehead atoms. The highest BCUT2D eigenvalue weighted by atomic mass is 16.2. The summed E-state index contributed by atoms with van der Waals surface area (Å²) in [6, 6.07) is 0.0822. The third kappa shape index (κ3) is 1.93. The lowest BCUT2D eigenvalue weighted by Gasteiger charge is -2.30. The molecule has 1 saturated heterocycles. The lowest BCUT2D eigenvalue weighted by atomic mass is 10.1. The Morgan fingerprint density at radius 2 is 2.45 bits per heavy atom. The van der Waals surface area contributed by atoms with Gasteiger partial charge in [-0.2, -0.15) is 0 Å². The Kier molecular flexibility index (Phi) is 2.88.